The number of anilines is 3. The second kappa shape index (κ2) is 7.31. The van der Waals surface area contributed by atoms with Crippen LogP contribution in [0.4, 0.5) is 21.7 Å². The van der Waals surface area contributed by atoms with Crippen LogP contribution in [0.15, 0.2) is 48.5 Å². The molecule has 1 heterocycles. The molecule has 0 bridgehead atoms. The molecule has 132 valence electrons. The number of halogens is 1. The van der Waals surface area contributed by atoms with Gasteiger partial charge in [0.1, 0.15) is 11.5 Å². The maximum Gasteiger partial charge on any atom is 0.274 e. The standard InChI is InChI=1S/C20H19FN4O/c1-12-7-13(2)9-17(8-12)23-19(26)18-10-14(3)22-20(25-18)24-16-6-4-5-15(21)11-16/h4-11H,1-3H3,(H,23,26)(H,22,24,25). The van der Waals surface area contributed by atoms with E-state index in [1.165, 1.54) is 12.1 Å². The van der Waals surface area contributed by atoms with E-state index >= 15 is 0 Å². The molecule has 0 aliphatic rings. The summed E-state index contributed by atoms with van der Waals surface area (Å²) >= 11 is 0. The first-order valence-corrected chi connectivity index (χ1v) is 8.17. The van der Waals surface area contributed by atoms with Crippen LogP contribution in [0.5, 0.6) is 0 Å². The molecule has 3 rings (SSSR count). The molecule has 0 unspecified atom stereocenters. The smallest absolute Gasteiger partial charge is 0.274 e. The van der Waals surface area contributed by atoms with Gasteiger partial charge in [0.05, 0.1) is 0 Å². The van der Waals surface area contributed by atoms with Gasteiger partial charge >= 0.3 is 0 Å². The molecule has 6 heteroatoms. The zero-order valence-electron chi connectivity index (χ0n) is 14.8. The summed E-state index contributed by atoms with van der Waals surface area (Å²) in [5.74, 6) is -0.459. The van der Waals surface area contributed by atoms with Crippen molar-refractivity contribution in [2.45, 2.75) is 20.8 Å². The third-order valence-electron chi connectivity index (χ3n) is 3.65. The minimum Gasteiger partial charge on any atom is -0.324 e. The van der Waals surface area contributed by atoms with Crippen LogP contribution < -0.4 is 10.6 Å². The first kappa shape index (κ1) is 17.5. The molecule has 2 aromatic carbocycles. The summed E-state index contributed by atoms with van der Waals surface area (Å²) in [4.78, 5) is 21.1. The molecule has 0 fully saturated rings. The predicted molar refractivity (Wildman–Crippen MR) is 100 cm³/mol. The third-order valence-corrected chi connectivity index (χ3v) is 3.65. The van der Waals surface area contributed by atoms with Crippen LogP contribution in [0.3, 0.4) is 0 Å². The summed E-state index contributed by atoms with van der Waals surface area (Å²) in [6.07, 6.45) is 0. The quantitative estimate of drug-likeness (QED) is 0.725. The molecule has 0 atom stereocenters. The van der Waals surface area contributed by atoms with E-state index in [4.69, 9.17) is 0 Å². The number of carbonyl (C=O) groups is 1. The Morgan fingerprint density at radius 2 is 1.65 bits per heavy atom. The van der Waals surface area contributed by atoms with E-state index in [1.807, 2.05) is 32.0 Å². The van der Waals surface area contributed by atoms with Gasteiger partial charge in [0.2, 0.25) is 5.95 Å². The van der Waals surface area contributed by atoms with Crippen LogP contribution >= 0.6 is 0 Å². The molecular formula is C20H19FN4O. The fourth-order valence-corrected chi connectivity index (χ4v) is 2.68. The molecule has 0 radical (unpaired) electrons. The number of nitrogens with zero attached hydrogens (tertiary/aromatic N) is 2. The molecule has 0 saturated carbocycles. The van der Waals surface area contributed by atoms with Gasteiger partial charge in [-0.15, -0.1) is 0 Å². The molecule has 0 aliphatic carbocycles. The largest absolute Gasteiger partial charge is 0.324 e. The topological polar surface area (TPSA) is 66.9 Å². The van der Waals surface area contributed by atoms with Gasteiger partial charge in [-0.1, -0.05) is 12.1 Å². The van der Waals surface area contributed by atoms with Crippen molar-refractivity contribution in [1.82, 2.24) is 9.97 Å². The van der Waals surface area contributed by atoms with Gasteiger partial charge in [-0.05, 0) is 68.3 Å². The minimum absolute atomic E-state index is 0.232. The van der Waals surface area contributed by atoms with Gasteiger partial charge in [-0.2, -0.15) is 0 Å². The second-order valence-corrected chi connectivity index (χ2v) is 6.18. The number of hydrogen-bond donors (Lipinski definition) is 2. The first-order valence-electron chi connectivity index (χ1n) is 8.17. The Bertz CT molecular complexity index is 952. The Kier molecular flexibility index (Phi) is 4.93. The lowest BCUT2D eigenvalue weighted by molar-refractivity contribution is 0.102. The van der Waals surface area contributed by atoms with Crippen LogP contribution in [0.25, 0.3) is 0 Å². The first-order chi connectivity index (χ1) is 12.4. The zero-order chi connectivity index (χ0) is 18.7. The number of aromatic nitrogens is 2. The fraction of sp³-hybridized carbons (Fsp3) is 0.150. The van der Waals surface area contributed by atoms with E-state index < -0.39 is 0 Å². The highest BCUT2D eigenvalue weighted by Crippen LogP contribution is 2.17. The average Bonchev–Trinajstić information content (AvgIpc) is 2.53. The van der Waals surface area contributed by atoms with Gasteiger partial charge in [0.15, 0.2) is 0 Å². The van der Waals surface area contributed by atoms with Crippen LogP contribution in [-0.4, -0.2) is 15.9 Å². The summed E-state index contributed by atoms with van der Waals surface area (Å²) in [7, 11) is 0. The number of aryl methyl sites for hydroxylation is 3. The third kappa shape index (κ3) is 4.42. The van der Waals surface area contributed by atoms with Crippen molar-refractivity contribution in [2.24, 2.45) is 0 Å². The van der Waals surface area contributed by atoms with Crippen molar-refractivity contribution in [1.29, 1.82) is 0 Å². The van der Waals surface area contributed by atoms with Crippen molar-refractivity contribution < 1.29 is 9.18 Å². The lowest BCUT2D eigenvalue weighted by Gasteiger charge is -2.10. The molecule has 0 aliphatic heterocycles. The Labute approximate surface area is 151 Å². The number of amides is 1. The number of benzene rings is 2. The summed E-state index contributed by atoms with van der Waals surface area (Å²) in [6.45, 7) is 5.71. The van der Waals surface area contributed by atoms with E-state index in [0.717, 1.165) is 11.1 Å². The highest BCUT2D eigenvalue weighted by Gasteiger charge is 2.12. The number of rotatable bonds is 4. The van der Waals surface area contributed by atoms with Gasteiger partial charge < -0.3 is 10.6 Å². The Balaban J connectivity index is 1.83. The van der Waals surface area contributed by atoms with Crippen LogP contribution in [-0.2, 0) is 0 Å². The van der Waals surface area contributed by atoms with E-state index in [9.17, 15) is 9.18 Å². The highest BCUT2D eigenvalue weighted by atomic mass is 19.1. The molecule has 3 aromatic rings. The van der Waals surface area contributed by atoms with Crippen LogP contribution in [0.2, 0.25) is 0 Å². The number of carbonyl (C=O) groups excluding carboxylic acids is 1. The van der Waals surface area contributed by atoms with Gasteiger partial charge in [0, 0.05) is 17.1 Å². The van der Waals surface area contributed by atoms with E-state index in [-0.39, 0.29) is 23.4 Å². The molecule has 0 spiro atoms. The summed E-state index contributed by atoms with van der Waals surface area (Å²) in [6, 6.07) is 13.4. The molecule has 0 saturated heterocycles. The van der Waals surface area contributed by atoms with Crippen molar-refractivity contribution >= 4 is 23.2 Å². The molecule has 2 N–H and O–H groups in total. The maximum absolute atomic E-state index is 13.3. The van der Waals surface area contributed by atoms with E-state index in [0.29, 0.717) is 17.1 Å². The second-order valence-electron chi connectivity index (χ2n) is 6.18. The summed E-state index contributed by atoms with van der Waals surface area (Å²) in [5, 5.41) is 5.77. The number of nitrogens with one attached hydrogen (secondary N) is 2. The molecule has 1 aromatic heterocycles. The van der Waals surface area contributed by atoms with Crippen molar-refractivity contribution in [2.75, 3.05) is 10.6 Å². The predicted octanol–water partition coefficient (Wildman–Crippen LogP) is 4.54. The van der Waals surface area contributed by atoms with Gasteiger partial charge in [-0.3, -0.25) is 4.79 Å². The summed E-state index contributed by atoms with van der Waals surface area (Å²) in [5.41, 5.74) is 4.21. The average molecular weight is 350 g/mol. The normalized spacial score (nSPS) is 10.5. The molecule has 26 heavy (non-hydrogen) atoms. The van der Waals surface area contributed by atoms with Crippen LogP contribution in [0, 0.1) is 26.6 Å². The lowest BCUT2D eigenvalue weighted by Crippen LogP contribution is -2.15. The highest BCUT2D eigenvalue weighted by molar-refractivity contribution is 6.03. The zero-order valence-corrected chi connectivity index (χ0v) is 14.8. The van der Waals surface area contributed by atoms with Crippen LogP contribution in [0.1, 0.15) is 27.3 Å². The Morgan fingerprint density at radius 3 is 2.35 bits per heavy atom. The van der Waals surface area contributed by atoms with Crippen molar-refractivity contribution in [3.8, 4) is 0 Å². The van der Waals surface area contributed by atoms with Gasteiger partial charge in [0.25, 0.3) is 5.91 Å². The monoisotopic (exact) mass is 350 g/mol. The molecule has 5 nitrogen and oxygen atoms in total. The minimum atomic E-state index is -0.365. The molecule has 1 amide bonds. The van der Waals surface area contributed by atoms with E-state index in [2.05, 4.69) is 20.6 Å². The lowest BCUT2D eigenvalue weighted by atomic mass is 10.1. The van der Waals surface area contributed by atoms with E-state index in [1.54, 1.807) is 25.1 Å². The summed E-state index contributed by atoms with van der Waals surface area (Å²) < 4.78 is 13.3. The SMILES string of the molecule is Cc1cc(C)cc(NC(=O)c2cc(C)nc(Nc3cccc(F)c3)n2)c1. The van der Waals surface area contributed by atoms with Gasteiger partial charge in [-0.25, -0.2) is 14.4 Å². The Hall–Kier alpha value is -3.28. The van der Waals surface area contributed by atoms with Crippen molar-refractivity contribution in [3.05, 3.63) is 76.9 Å². The maximum atomic E-state index is 13.3. The van der Waals surface area contributed by atoms with Crippen molar-refractivity contribution in [3.63, 3.8) is 0 Å². The Morgan fingerprint density at radius 1 is 0.923 bits per heavy atom. The number of hydrogen-bond acceptors (Lipinski definition) is 4. The fourth-order valence-electron chi connectivity index (χ4n) is 2.68. The molecular weight excluding hydrogens is 331 g/mol.